The highest BCUT2D eigenvalue weighted by atomic mass is 19.1. The molecule has 0 fully saturated rings. The van der Waals surface area contributed by atoms with Crippen molar-refractivity contribution in [2.45, 2.75) is 79.1 Å². The summed E-state index contributed by atoms with van der Waals surface area (Å²) in [6.45, 7) is 16.0. The number of para-hydroxylation sites is 2. The van der Waals surface area contributed by atoms with E-state index in [-0.39, 0.29) is 89.0 Å². The highest BCUT2D eigenvalue weighted by Crippen LogP contribution is 2.50. The Bertz CT molecular complexity index is 2690. The molecule has 6 nitrogen and oxygen atoms in total. The maximum absolute atomic E-state index is 17.0. The third-order valence-corrected chi connectivity index (χ3v) is 11.9. The van der Waals surface area contributed by atoms with Gasteiger partial charge in [0.2, 0.25) is 0 Å². The Balaban J connectivity index is 1.33. The summed E-state index contributed by atoms with van der Waals surface area (Å²) in [6.07, 6.45) is 0. The first-order valence-electron chi connectivity index (χ1n) is 19.3. The number of benzene rings is 7. The zero-order valence-corrected chi connectivity index (χ0v) is 32.5. The Morgan fingerprint density at radius 3 is 1.00 bits per heavy atom. The largest absolute Gasteiger partial charge is 0.268 e. The van der Waals surface area contributed by atoms with Gasteiger partial charge in [-0.15, -0.1) is 0 Å². The van der Waals surface area contributed by atoms with Crippen LogP contribution in [-0.2, 0) is 0 Å². The van der Waals surface area contributed by atoms with Crippen molar-refractivity contribution in [2.75, 3.05) is 9.80 Å². The molecule has 0 N–H and O–H groups in total. The second-order valence-electron chi connectivity index (χ2n) is 16.5. The SMILES string of the molecule is CC(C)c1cccc(C(C)C)c1N1C(=O)c2ccc3c4c(F)cc5c6c(ccc(c7c(F)cc(c2c37)C1=O)c64)C(=O)N(c1c(C(C)C)cccc1C(C)C)C5=O. The third-order valence-electron chi connectivity index (χ3n) is 11.9. The minimum Gasteiger partial charge on any atom is -0.268 e. The van der Waals surface area contributed by atoms with Crippen LogP contribution >= 0.6 is 0 Å². The molecule has 0 aliphatic carbocycles. The first-order chi connectivity index (χ1) is 26.6. The van der Waals surface area contributed by atoms with Gasteiger partial charge < -0.3 is 0 Å². The summed E-state index contributed by atoms with van der Waals surface area (Å²) in [5.74, 6) is -3.95. The summed E-state index contributed by atoms with van der Waals surface area (Å²) in [7, 11) is 0. The minimum atomic E-state index is -0.732. The van der Waals surface area contributed by atoms with Crippen LogP contribution in [0.3, 0.4) is 0 Å². The van der Waals surface area contributed by atoms with Gasteiger partial charge in [0.15, 0.2) is 0 Å². The van der Waals surface area contributed by atoms with Crippen molar-refractivity contribution < 1.29 is 28.0 Å². The van der Waals surface area contributed by atoms with Crippen LogP contribution in [0.2, 0.25) is 0 Å². The summed E-state index contributed by atoms with van der Waals surface area (Å²) in [5.41, 5.74) is 4.69. The molecule has 2 heterocycles. The summed E-state index contributed by atoms with van der Waals surface area (Å²) >= 11 is 0. The molecule has 4 amide bonds. The third kappa shape index (κ3) is 4.58. The lowest BCUT2D eigenvalue weighted by atomic mass is 9.81. The number of imide groups is 2. The van der Waals surface area contributed by atoms with Gasteiger partial charge in [-0.2, -0.15) is 0 Å². The number of fused-ring (bicyclic) bond motifs is 2. The summed E-state index contributed by atoms with van der Waals surface area (Å²) < 4.78 is 33.9. The predicted molar refractivity (Wildman–Crippen MR) is 219 cm³/mol. The van der Waals surface area contributed by atoms with Crippen LogP contribution in [0.15, 0.2) is 72.8 Å². The number of nitrogens with zero attached hydrogens (tertiary/aromatic N) is 2. The van der Waals surface area contributed by atoms with E-state index >= 15 is 8.78 Å². The van der Waals surface area contributed by atoms with Crippen molar-refractivity contribution in [3.8, 4) is 0 Å². The lowest BCUT2D eigenvalue weighted by molar-refractivity contribution is 0.0877. The second-order valence-corrected chi connectivity index (χ2v) is 16.5. The van der Waals surface area contributed by atoms with E-state index in [2.05, 4.69) is 0 Å². The number of hydrogen-bond donors (Lipinski definition) is 0. The van der Waals surface area contributed by atoms with E-state index in [1.165, 1.54) is 21.9 Å². The molecule has 0 saturated carbocycles. The summed E-state index contributed by atoms with van der Waals surface area (Å²) in [5, 5.41) is 1.73. The Hall–Kier alpha value is -6.02. The topological polar surface area (TPSA) is 74.8 Å². The Kier molecular flexibility index (Phi) is 7.80. The number of carbonyl (C=O) groups is 4. The number of halogens is 2. The molecule has 0 atom stereocenters. The van der Waals surface area contributed by atoms with Crippen molar-refractivity contribution in [3.63, 3.8) is 0 Å². The Morgan fingerprint density at radius 2 is 0.696 bits per heavy atom. The molecule has 0 bridgehead atoms. The molecule has 2 aliphatic rings. The van der Waals surface area contributed by atoms with Crippen LogP contribution in [-0.4, -0.2) is 23.6 Å². The molecule has 0 radical (unpaired) electrons. The molecular formula is C48H40F2N2O4. The fourth-order valence-corrected chi connectivity index (χ4v) is 9.31. The van der Waals surface area contributed by atoms with Crippen molar-refractivity contribution in [2.24, 2.45) is 0 Å². The molecule has 2 aliphatic heterocycles. The molecular weight excluding hydrogens is 707 g/mol. The first kappa shape index (κ1) is 35.7. The van der Waals surface area contributed by atoms with Gasteiger partial charge in [0.05, 0.1) is 22.5 Å². The van der Waals surface area contributed by atoms with Gasteiger partial charge in [-0.3, -0.25) is 19.2 Å². The monoisotopic (exact) mass is 746 g/mol. The standard InChI is InChI=1S/C48H40F2N2O4/c1-21(2)25-11-9-12-26(22(3)4)43(25)51-45(53)31-17-15-29-40-36(50)20-34-38-32(18-16-30(42(38)40)39-35(49)19-33(47(51)55)37(31)41(29)39)46(54)52(48(34)56)44-27(23(5)6)13-10-14-28(44)24(7)8/h9-24H,1-8H3. The summed E-state index contributed by atoms with van der Waals surface area (Å²) in [6, 6.07) is 20.1. The molecule has 280 valence electrons. The Labute approximate surface area is 323 Å². The van der Waals surface area contributed by atoms with E-state index in [0.717, 1.165) is 22.3 Å². The van der Waals surface area contributed by atoms with E-state index in [4.69, 9.17) is 0 Å². The predicted octanol–water partition coefficient (Wildman–Crippen LogP) is 12.1. The number of amides is 4. The summed E-state index contributed by atoms with van der Waals surface area (Å²) in [4.78, 5) is 60.8. The average molecular weight is 747 g/mol. The smallest absolute Gasteiger partial charge is 0.266 e. The fraction of sp³-hybridized carbons (Fsp3) is 0.250. The molecule has 56 heavy (non-hydrogen) atoms. The minimum absolute atomic E-state index is 0.00574. The van der Waals surface area contributed by atoms with Gasteiger partial charge in [0.1, 0.15) is 11.6 Å². The van der Waals surface area contributed by atoms with Crippen molar-refractivity contribution in [1.82, 2.24) is 0 Å². The fourth-order valence-electron chi connectivity index (χ4n) is 9.31. The van der Waals surface area contributed by atoms with E-state index in [1.807, 2.05) is 91.8 Å². The van der Waals surface area contributed by atoms with E-state index < -0.39 is 35.3 Å². The number of hydrogen-bond acceptors (Lipinski definition) is 4. The van der Waals surface area contributed by atoms with Gasteiger partial charge in [0.25, 0.3) is 23.6 Å². The second kappa shape index (κ2) is 12.2. The highest BCUT2D eigenvalue weighted by molar-refractivity contribution is 6.45. The molecule has 7 aromatic carbocycles. The quantitative estimate of drug-likeness (QED) is 0.0965. The van der Waals surface area contributed by atoms with Crippen molar-refractivity contribution in [3.05, 3.63) is 129 Å². The molecule has 0 unspecified atom stereocenters. The molecule has 0 saturated heterocycles. The lowest BCUT2D eigenvalue weighted by Crippen LogP contribution is -2.42. The number of carbonyl (C=O) groups excluding carboxylic acids is 4. The average Bonchev–Trinajstić information content (AvgIpc) is 3.15. The molecule has 0 aromatic heterocycles. The van der Waals surface area contributed by atoms with Crippen LogP contribution in [0.4, 0.5) is 20.2 Å². The van der Waals surface area contributed by atoms with E-state index in [1.54, 1.807) is 24.3 Å². The number of rotatable bonds is 6. The normalized spacial score (nSPS) is 14.6. The van der Waals surface area contributed by atoms with Crippen LogP contribution in [0.25, 0.3) is 43.1 Å². The zero-order chi connectivity index (χ0) is 39.8. The molecule has 7 aromatic rings. The molecule has 9 rings (SSSR count). The van der Waals surface area contributed by atoms with Crippen molar-refractivity contribution in [1.29, 1.82) is 0 Å². The van der Waals surface area contributed by atoms with Gasteiger partial charge >= 0.3 is 0 Å². The maximum atomic E-state index is 17.0. The van der Waals surface area contributed by atoms with Crippen LogP contribution in [0, 0.1) is 11.6 Å². The lowest BCUT2D eigenvalue weighted by Gasteiger charge is -2.34. The van der Waals surface area contributed by atoms with E-state index in [9.17, 15) is 19.2 Å². The molecule has 8 heteroatoms. The van der Waals surface area contributed by atoms with Crippen LogP contribution < -0.4 is 9.80 Å². The van der Waals surface area contributed by atoms with Gasteiger partial charge in [-0.05, 0) is 81.0 Å². The first-order valence-corrected chi connectivity index (χ1v) is 19.3. The van der Waals surface area contributed by atoms with E-state index in [0.29, 0.717) is 11.4 Å². The van der Waals surface area contributed by atoms with Crippen LogP contribution in [0.5, 0.6) is 0 Å². The van der Waals surface area contributed by atoms with Gasteiger partial charge in [-0.25, -0.2) is 18.6 Å². The maximum Gasteiger partial charge on any atom is 0.266 e. The Morgan fingerprint density at radius 1 is 0.393 bits per heavy atom. The van der Waals surface area contributed by atoms with Gasteiger partial charge in [0, 0.05) is 43.4 Å². The van der Waals surface area contributed by atoms with Gasteiger partial charge in [-0.1, -0.05) is 104 Å². The molecule has 0 spiro atoms. The van der Waals surface area contributed by atoms with Crippen molar-refractivity contribution >= 4 is 78.1 Å². The number of anilines is 2. The van der Waals surface area contributed by atoms with Crippen LogP contribution in [0.1, 0.15) is 143 Å². The zero-order valence-electron chi connectivity index (χ0n) is 32.5. The highest BCUT2D eigenvalue weighted by Gasteiger charge is 2.41.